The zero-order chi connectivity index (χ0) is 16.8. The molecule has 0 unspecified atom stereocenters. The number of hydrogen-bond acceptors (Lipinski definition) is 3. The van der Waals surface area contributed by atoms with Crippen molar-refractivity contribution >= 4 is 12.2 Å². The van der Waals surface area contributed by atoms with Crippen molar-refractivity contribution in [2.75, 3.05) is 0 Å². The van der Waals surface area contributed by atoms with Crippen molar-refractivity contribution in [2.45, 2.75) is 6.61 Å². The highest BCUT2D eigenvalue weighted by atomic mass is 19.2. The van der Waals surface area contributed by atoms with Gasteiger partial charge in [0.05, 0.1) is 6.21 Å². The smallest absolute Gasteiger partial charge is 0.332 e. The Labute approximate surface area is 129 Å². The third kappa shape index (κ3) is 4.73. The number of nitrogens with zero attached hydrogens (tertiary/aromatic N) is 1. The van der Waals surface area contributed by atoms with E-state index in [9.17, 15) is 18.0 Å². The number of carbonyl (C=O) groups excluding carboxylic acids is 1. The fourth-order valence-corrected chi connectivity index (χ4v) is 1.68. The fourth-order valence-electron chi connectivity index (χ4n) is 1.68. The first kappa shape index (κ1) is 16.3. The van der Waals surface area contributed by atoms with Gasteiger partial charge in [-0.15, -0.1) is 0 Å². The van der Waals surface area contributed by atoms with Crippen LogP contribution < -0.4 is 15.9 Å². The summed E-state index contributed by atoms with van der Waals surface area (Å²) in [6.07, 6.45) is 1.20. The number of urea groups is 1. The van der Waals surface area contributed by atoms with Crippen molar-refractivity contribution in [1.82, 2.24) is 5.43 Å². The van der Waals surface area contributed by atoms with Gasteiger partial charge in [0.15, 0.2) is 23.2 Å². The molecular weight excluding hydrogens is 311 g/mol. The van der Waals surface area contributed by atoms with Crippen LogP contribution in [0.3, 0.4) is 0 Å². The van der Waals surface area contributed by atoms with E-state index in [2.05, 4.69) is 5.10 Å². The van der Waals surface area contributed by atoms with Gasteiger partial charge in [0, 0.05) is 0 Å². The maximum absolute atomic E-state index is 13.8. The fraction of sp³-hybridized carbons (Fsp3) is 0.0667. The molecule has 0 radical (unpaired) electrons. The molecule has 2 amide bonds. The van der Waals surface area contributed by atoms with Gasteiger partial charge in [-0.05, 0) is 41.5 Å². The van der Waals surface area contributed by atoms with Crippen LogP contribution in [0.5, 0.6) is 5.75 Å². The van der Waals surface area contributed by atoms with E-state index in [-0.39, 0.29) is 12.4 Å². The molecule has 2 aromatic rings. The summed E-state index contributed by atoms with van der Waals surface area (Å²) in [5, 5.41) is 3.49. The number of benzene rings is 2. The summed E-state index contributed by atoms with van der Waals surface area (Å²) in [6, 6.07) is 6.42. The van der Waals surface area contributed by atoms with Crippen LogP contribution in [-0.2, 0) is 6.61 Å². The number of hydrogen-bond donors (Lipinski definition) is 2. The highest BCUT2D eigenvalue weighted by Gasteiger charge is 2.07. The molecule has 0 fully saturated rings. The van der Waals surface area contributed by atoms with Gasteiger partial charge in [0.25, 0.3) is 0 Å². The molecule has 8 heteroatoms. The Bertz CT molecular complexity index is 751. The molecule has 0 saturated heterocycles. The molecular formula is C15H12F3N3O2. The lowest BCUT2D eigenvalue weighted by molar-refractivity contribution is 0.249. The quantitative estimate of drug-likeness (QED) is 0.655. The van der Waals surface area contributed by atoms with Crippen molar-refractivity contribution in [1.29, 1.82) is 0 Å². The Balaban J connectivity index is 2.01. The normalized spacial score (nSPS) is 10.7. The van der Waals surface area contributed by atoms with Gasteiger partial charge >= 0.3 is 6.03 Å². The highest BCUT2D eigenvalue weighted by molar-refractivity contribution is 5.81. The average Bonchev–Trinajstić information content (AvgIpc) is 2.49. The maximum Gasteiger partial charge on any atom is 0.332 e. The number of halogens is 3. The van der Waals surface area contributed by atoms with E-state index in [0.29, 0.717) is 11.1 Å². The molecule has 0 aliphatic carbocycles. The summed E-state index contributed by atoms with van der Waals surface area (Å²) in [6.45, 7) is -0.120. The molecule has 0 saturated carbocycles. The van der Waals surface area contributed by atoms with Crippen LogP contribution in [0.15, 0.2) is 41.5 Å². The van der Waals surface area contributed by atoms with Crippen LogP contribution in [0.25, 0.3) is 0 Å². The molecule has 0 heterocycles. The largest absolute Gasteiger partial charge is 0.486 e. The predicted molar refractivity (Wildman–Crippen MR) is 77.4 cm³/mol. The van der Waals surface area contributed by atoms with E-state index in [0.717, 1.165) is 18.2 Å². The summed E-state index contributed by atoms with van der Waals surface area (Å²) in [5.41, 5.74) is 7.52. The molecule has 5 nitrogen and oxygen atoms in total. The molecule has 2 aromatic carbocycles. The van der Waals surface area contributed by atoms with Crippen molar-refractivity contribution in [3.63, 3.8) is 0 Å². The SMILES string of the molecule is NC(=O)NN=Cc1ccc(OCc2ccc(F)c(F)c2)c(F)c1. The highest BCUT2D eigenvalue weighted by Crippen LogP contribution is 2.19. The zero-order valence-corrected chi connectivity index (χ0v) is 11.7. The van der Waals surface area contributed by atoms with E-state index in [4.69, 9.17) is 10.5 Å². The lowest BCUT2D eigenvalue weighted by Gasteiger charge is -2.08. The van der Waals surface area contributed by atoms with Crippen LogP contribution in [0.2, 0.25) is 0 Å². The molecule has 23 heavy (non-hydrogen) atoms. The number of ether oxygens (including phenoxy) is 1. The predicted octanol–water partition coefficient (Wildman–Crippen LogP) is 2.69. The minimum atomic E-state index is -1.000. The molecule has 0 spiro atoms. The molecule has 2 rings (SSSR count). The van der Waals surface area contributed by atoms with Gasteiger partial charge in [-0.3, -0.25) is 0 Å². The lowest BCUT2D eigenvalue weighted by atomic mass is 10.2. The van der Waals surface area contributed by atoms with Crippen molar-refractivity contribution in [3.8, 4) is 5.75 Å². The summed E-state index contributed by atoms with van der Waals surface area (Å²) >= 11 is 0. The van der Waals surface area contributed by atoms with Gasteiger partial charge in [0.1, 0.15) is 6.61 Å². The Kier molecular flexibility index (Phi) is 5.19. The molecule has 0 bridgehead atoms. The van der Waals surface area contributed by atoms with Gasteiger partial charge < -0.3 is 10.5 Å². The average molecular weight is 323 g/mol. The monoisotopic (exact) mass is 323 g/mol. The first-order chi connectivity index (χ1) is 11.0. The summed E-state index contributed by atoms with van der Waals surface area (Å²) in [4.78, 5) is 10.4. The molecule has 0 atom stereocenters. The maximum atomic E-state index is 13.8. The van der Waals surface area contributed by atoms with E-state index in [1.54, 1.807) is 0 Å². The summed E-state index contributed by atoms with van der Waals surface area (Å²) < 4.78 is 44.9. The molecule has 0 aromatic heterocycles. The van der Waals surface area contributed by atoms with Crippen molar-refractivity contribution in [2.24, 2.45) is 10.8 Å². The minimum absolute atomic E-state index is 0.0604. The third-order valence-electron chi connectivity index (χ3n) is 2.72. The van der Waals surface area contributed by atoms with E-state index < -0.39 is 23.5 Å². The minimum Gasteiger partial charge on any atom is -0.486 e. The Morgan fingerprint density at radius 3 is 2.57 bits per heavy atom. The number of rotatable bonds is 5. The van der Waals surface area contributed by atoms with E-state index in [1.807, 2.05) is 5.43 Å². The Morgan fingerprint density at radius 2 is 1.91 bits per heavy atom. The van der Waals surface area contributed by atoms with E-state index in [1.165, 1.54) is 24.4 Å². The molecule has 0 aliphatic heterocycles. The summed E-state index contributed by atoms with van der Waals surface area (Å²) in [7, 11) is 0. The standard InChI is InChI=1S/C15H12F3N3O2/c16-11-3-1-10(6-12(11)17)8-23-14-4-2-9(5-13(14)18)7-20-21-15(19)22/h1-7H,8H2,(H3,19,21,22). The number of nitrogens with two attached hydrogens (primary N) is 1. The molecule has 3 N–H and O–H groups in total. The molecule has 0 aliphatic rings. The number of nitrogens with one attached hydrogen (secondary N) is 1. The van der Waals surface area contributed by atoms with Crippen molar-refractivity contribution < 1.29 is 22.7 Å². The van der Waals surface area contributed by atoms with Gasteiger partial charge in [-0.1, -0.05) is 6.07 Å². The number of carbonyl (C=O) groups is 1. The van der Waals surface area contributed by atoms with Crippen LogP contribution in [0.1, 0.15) is 11.1 Å². The van der Waals surface area contributed by atoms with Gasteiger partial charge in [-0.2, -0.15) is 5.10 Å². The molecule has 120 valence electrons. The zero-order valence-electron chi connectivity index (χ0n) is 11.7. The second-order valence-electron chi connectivity index (χ2n) is 4.46. The third-order valence-corrected chi connectivity index (χ3v) is 2.72. The lowest BCUT2D eigenvalue weighted by Crippen LogP contribution is -2.24. The second kappa shape index (κ2) is 7.30. The second-order valence-corrected chi connectivity index (χ2v) is 4.46. The first-order valence-electron chi connectivity index (χ1n) is 6.40. The van der Waals surface area contributed by atoms with Crippen molar-refractivity contribution in [3.05, 3.63) is 65.0 Å². The van der Waals surface area contributed by atoms with Crippen LogP contribution >= 0.6 is 0 Å². The van der Waals surface area contributed by atoms with Crippen LogP contribution in [0, 0.1) is 17.5 Å². The first-order valence-corrected chi connectivity index (χ1v) is 6.40. The van der Waals surface area contributed by atoms with Crippen LogP contribution in [0.4, 0.5) is 18.0 Å². The number of primary amides is 1. The Hall–Kier alpha value is -3.03. The number of amides is 2. The van der Waals surface area contributed by atoms with Gasteiger partial charge in [0.2, 0.25) is 0 Å². The summed E-state index contributed by atoms with van der Waals surface area (Å²) in [5.74, 6) is -2.70. The number of hydrazone groups is 1. The Morgan fingerprint density at radius 1 is 1.13 bits per heavy atom. The van der Waals surface area contributed by atoms with Crippen LogP contribution in [-0.4, -0.2) is 12.2 Å². The topological polar surface area (TPSA) is 76.7 Å². The van der Waals surface area contributed by atoms with E-state index >= 15 is 0 Å². The van der Waals surface area contributed by atoms with Gasteiger partial charge in [-0.25, -0.2) is 23.4 Å².